The molecule has 0 aliphatic carbocycles. The Balaban J connectivity index is 1.64. The highest BCUT2D eigenvalue weighted by atomic mass is 16.3. The second-order valence-electron chi connectivity index (χ2n) is 5.99. The third kappa shape index (κ3) is 3.93. The van der Waals surface area contributed by atoms with Crippen molar-refractivity contribution in [3.63, 3.8) is 0 Å². The Hall–Kier alpha value is -2.27. The van der Waals surface area contributed by atoms with Gasteiger partial charge < -0.3 is 19.5 Å². The largest absolute Gasteiger partial charge is 0.463 e. The van der Waals surface area contributed by atoms with E-state index in [-0.39, 0.29) is 11.9 Å². The number of quaternary nitrogens is 1. The summed E-state index contributed by atoms with van der Waals surface area (Å²) in [6.45, 7) is 6.25. The van der Waals surface area contributed by atoms with E-state index in [9.17, 15) is 4.79 Å². The topological polar surface area (TPSA) is 49.9 Å². The Kier molecular flexibility index (Phi) is 4.98. The number of carbonyl (C=O) groups is 1. The summed E-state index contributed by atoms with van der Waals surface area (Å²) < 4.78 is 5.61. The van der Waals surface area contributed by atoms with Gasteiger partial charge in [-0.15, -0.1) is 0 Å². The number of hydrogen-bond acceptors (Lipinski definition) is 3. The average molecular weight is 314 g/mol. The van der Waals surface area contributed by atoms with Crippen molar-refractivity contribution in [2.45, 2.75) is 13.0 Å². The molecule has 2 heterocycles. The maximum absolute atomic E-state index is 11.3. The number of benzene rings is 1. The van der Waals surface area contributed by atoms with Crippen molar-refractivity contribution in [1.29, 1.82) is 0 Å². The van der Waals surface area contributed by atoms with E-state index in [1.165, 1.54) is 10.6 Å². The number of carbonyl (C=O) groups excluding carboxylic acids is 1. The number of furan rings is 1. The van der Waals surface area contributed by atoms with Crippen LogP contribution in [0.2, 0.25) is 0 Å². The molecule has 1 atom stereocenters. The molecule has 1 fully saturated rings. The third-order valence-corrected chi connectivity index (χ3v) is 4.46. The van der Waals surface area contributed by atoms with Crippen molar-refractivity contribution in [3.05, 3.63) is 54.5 Å². The van der Waals surface area contributed by atoms with Crippen molar-refractivity contribution in [3.8, 4) is 0 Å². The molecule has 5 heteroatoms. The monoisotopic (exact) mass is 314 g/mol. The molecule has 1 amide bonds. The lowest BCUT2D eigenvalue weighted by atomic mass is 10.1. The van der Waals surface area contributed by atoms with Crippen molar-refractivity contribution >= 4 is 11.6 Å². The Morgan fingerprint density at radius 3 is 2.57 bits per heavy atom. The molecule has 1 aromatic heterocycles. The molecule has 0 unspecified atom stereocenters. The second-order valence-corrected chi connectivity index (χ2v) is 5.99. The van der Waals surface area contributed by atoms with Gasteiger partial charge in [0.15, 0.2) is 11.8 Å². The fraction of sp³-hybridized carbons (Fsp3) is 0.389. The molecule has 122 valence electrons. The fourth-order valence-electron chi connectivity index (χ4n) is 3.22. The van der Waals surface area contributed by atoms with Crippen LogP contribution in [0.15, 0.2) is 53.1 Å². The van der Waals surface area contributed by atoms with Crippen molar-refractivity contribution < 1.29 is 14.1 Å². The standard InChI is InChI=1S/C18H23N3O2/c1-15(22)19-14-17(18-8-5-13-23-18)21-11-9-20(10-12-21)16-6-3-2-4-7-16/h2-8,13,17H,9-12,14H2,1H3,(H,19,22)/p+1/t17-/m1/s1. The van der Waals surface area contributed by atoms with Crippen LogP contribution in [0.4, 0.5) is 5.69 Å². The normalized spacial score (nSPS) is 17.0. The Bertz CT molecular complexity index is 604. The number of nitrogens with zero attached hydrogens (tertiary/aromatic N) is 1. The summed E-state index contributed by atoms with van der Waals surface area (Å²) in [7, 11) is 0. The van der Waals surface area contributed by atoms with Crippen LogP contribution >= 0.6 is 0 Å². The lowest BCUT2D eigenvalue weighted by Gasteiger charge is -2.37. The lowest BCUT2D eigenvalue weighted by molar-refractivity contribution is -0.932. The SMILES string of the molecule is CC(=O)NC[C@H](c1ccco1)[NH+]1CCN(c2ccccc2)CC1. The lowest BCUT2D eigenvalue weighted by Crippen LogP contribution is -3.15. The molecule has 1 aromatic carbocycles. The van der Waals surface area contributed by atoms with E-state index >= 15 is 0 Å². The quantitative estimate of drug-likeness (QED) is 0.861. The second kappa shape index (κ2) is 7.33. The minimum absolute atomic E-state index is 0.00359. The number of amides is 1. The zero-order valence-electron chi connectivity index (χ0n) is 13.5. The number of nitrogens with one attached hydrogen (secondary N) is 2. The molecule has 1 aliphatic rings. The zero-order valence-corrected chi connectivity index (χ0v) is 13.5. The van der Waals surface area contributed by atoms with Gasteiger partial charge in [-0.25, -0.2) is 0 Å². The molecule has 2 aromatic rings. The molecule has 0 saturated carbocycles. The van der Waals surface area contributed by atoms with Crippen molar-refractivity contribution in [1.82, 2.24) is 5.32 Å². The van der Waals surface area contributed by atoms with Gasteiger partial charge in [0.1, 0.15) is 0 Å². The molecule has 1 aliphatic heterocycles. The molecule has 23 heavy (non-hydrogen) atoms. The van der Waals surface area contributed by atoms with Gasteiger partial charge in [0, 0.05) is 12.6 Å². The zero-order chi connectivity index (χ0) is 16.1. The summed E-state index contributed by atoms with van der Waals surface area (Å²) in [6, 6.07) is 14.6. The summed E-state index contributed by atoms with van der Waals surface area (Å²) in [6.07, 6.45) is 1.70. The van der Waals surface area contributed by atoms with Crippen LogP contribution in [0.5, 0.6) is 0 Å². The predicted octanol–water partition coefficient (Wildman–Crippen LogP) is 0.862. The van der Waals surface area contributed by atoms with Crippen LogP contribution in [0.3, 0.4) is 0 Å². The van der Waals surface area contributed by atoms with E-state index in [2.05, 4.69) is 34.5 Å². The number of hydrogen-bond donors (Lipinski definition) is 2. The fourth-order valence-corrected chi connectivity index (χ4v) is 3.22. The molecule has 3 rings (SSSR count). The van der Waals surface area contributed by atoms with E-state index in [1.807, 2.05) is 18.2 Å². The molecule has 1 saturated heterocycles. The summed E-state index contributed by atoms with van der Waals surface area (Å²) in [5.41, 5.74) is 1.28. The van der Waals surface area contributed by atoms with Crippen LogP contribution in [0, 0.1) is 0 Å². The molecule has 2 N–H and O–H groups in total. The van der Waals surface area contributed by atoms with E-state index in [0.717, 1.165) is 31.9 Å². The first-order valence-electron chi connectivity index (χ1n) is 8.16. The first-order valence-corrected chi connectivity index (χ1v) is 8.16. The highest BCUT2D eigenvalue weighted by Gasteiger charge is 2.30. The maximum atomic E-state index is 11.3. The number of para-hydroxylation sites is 1. The number of rotatable bonds is 5. The van der Waals surface area contributed by atoms with Gasteiger partial charge in [-0.2, -0.15) is 0 Å². The highest BCUT2D eigenvalue weighted by molar-refractivity contribution is 5.72. The predicted molar refractivity (Wildman–Crippen MR) is 89.5 cm³/mol. The molecule has 5 nitrogen and oxygen atoms in total. The van der Waals surface area contributed by atoms with Crippen molar-refractivity contribution in [2.75, 3.05) is 37.6 Å². The van der Waals surface area contributed by atoms with Gasteiger partial charge in [-0.05, 0) is 24.3 Å². The van der Waals surface area contributed by atoms with Gasteiger partial charge in [-0.1, -0.05) is 18.2 Å². The first-order chi connectivity index (χ1) is 11.2. The van der Waals surface area contributed by atoms with Gasteiger partial charge >= 0.3 is 0 Å². The smallest absolute Gasteiger partial charge is 0.217 e. The third-order valence-electron chi connectivity index (χ3n) is 4.46. The van der Waals surface area contributed by atoms with E-state index in [1.54, 1.807) is 13.2 Å². The molecular weight excluding hydrogens is 290 g/mol. The minimum Gasteiger partial charge on any atom is -0.463 e. The van der Waals surface area contributed by atoms with Crippen LogP contribution < -0.4 is 15.1 Å². The molecular formula is C18H24N3O2+. The minimum atomic E-state index is 0.00359. The van der Waals surface area contributed by atoms with Crippen LogP contribution in [-0.4, -0.2) is 38.6 Å². The molecule has 0 spiro atoms. The van der Waals surface area contributed by atoms with Crippen LogP contribution in [-0.2, 0) is 4.79 Å². The Morgan fingerprint density at radius 1 is 1.22 bits per heavy atom. The Morgan fingerprint density at radius 2 is 1.96 bits per heavy atom. The summed E-state index contributed by atoms with van der Waals surface area (Å²) >= 11 is 0. The number of piperazine rings is 1. The Labute approximate surface area is 136 Å². The van der Waals surface area contributed by atoms with E-state index < -0.39 is 0 Å². The number of anilines is 1. The van der Waals surface area contributed by atoms with Gasteiger partial charge in [-0.3, -0.25) is 4.79 Å². The molecule has 0 radical (unpaired) electrons. The summed E-state index contributed by atoms with van der Waals surface area (Å²) in [5.74, 6) is 0.950. The van der Waals surface area contributed by atoms with E-state index in [0.29, 0.717) is 6.54 Å². The molecule has 0 bridgehead atoms. The summed E-state index contributed by atoms with van der Waals surface area (Å²) in [4.78, 5) is 15.2. The summed E-state index contributed by atoms with van der Waals surface area (Å²) in [5, 5.41) is 2.94. The van der Waals surface area contributed by atoms with Crippen LogP contribution in [0.1, 0.15) is 18.7 Å². The maximum Gasteiger partial charge on any atom is 0.217 e. The van der Waals surface area contributed by atoms with Gasteiger partial charge in [0.2, 0.25) is 5.91 Å². The first kappa shape index (κ1) is 15.6. The highest BCUT2D eigenvalue weighted by Crippen LogP contribution is 2.14. The van der Waals surface area contributed by atoms with Crippen LogP contribution in [0.25, 0.3) is 0 Å². The van der Waals surface area contributed by atoms with Gasteiger partial charge in [0.05, 0.1) is 39.0 Å². The van der Waals surface area contributed by atoms with Crippen molar-refractivity contribution in [2.24, 2.45) is 0 Å². The van der Waals surface area contributed by atoms with Gasteiger partial charge in [0.25, 0.3) is 0 Å². The van der Waals surface area contributed by atoms with E-state index in [4.69, 9.17) is 4.42 Å². The average Bonchev–Trinajstić information content (AvgIpc) is 3.10.